The van der Waals surface area contributed by atoms with E-state index in [9.17, 15) is 16.8 Å². The average Bonchev–Trinajstić information content (AvgIpc) is 2.01. The minimum Gasteiger partial charge on any atom is -1.00 e. The maximum atomic E-state index is 10.6. The standard InChI is InChI=1S/C6H6O6S2.4Na.4H/c7-13(8,9)5-2-1-3-6(4-5)14(10,11)12;;;;;;;;/h1-4H,(H,7,8,9)(H,10,11,12);;;;;;;;/q;4*+1;4*-1. The third-order valence-electron chi connectivity index (χ3n) is 1.40. The molecule has 1 aromatic rings. The first-order valence-corrected chi connectivity index (χ1v) is 6.14. The average molecular weight is 334 g/mol. The van der Waals surface area contributed by atoms with Gasteiger partial charge in [-0.05, 0) is 18.2 Å². The van der Waals surface area contributed by atoms with Crippen LogP contribution in [-0.4, -0.2) is 25.9 Å². The van der Waals surface area contributed by atoms with E-state index in [0.717, 1.165) is 18.2 Å². The molecule has 0 fully saturated rings. The van der Waals surface area contributed by atoms with Crippen molar-refractivity contribution in [2.24, 2.45) is 0 Å². The number of benzene rings is 1. The Morgan fingerprint density at radius 2 is 1.06 bits per heavy atom. The van der Waals surface area contributed by atoms with Gasteiger partial charge in [0, 0.05) is 0 Å². The van der Waals surface area contributed by atoms with Gasteiger partial charge < -0.3 is 5.71 Å². The molecule has 0 saturated heterocycles. The predicted molar refractivity (Wildman–Crippen MR) is 50.5 cm³/mol. The van der Waals surface area contributed by atoms with Gasteiger partial charge in [-0.25, -0.2) is 0 Å². The molecule has 0 spiro atoms. The van der Waals surface area contributed by atoms with Crippen molar-refractivity contribution in [3.63, 3.8) is 0 Å². The molecule has 0 heterocycles. The van der Waals surface area contributed by atoms with Crippen LogP contribution >= 0.6 is 0 Å². The van der Waals surface area contributed by atoms with E-state index in [1.807, 2.05) is 0 Å². The van der Waals surface area contributed by atoms with Gasteiger partial charge in [0.15, 0.2) is 0 Å². The molecule has 86 valence electrons. The Bertz CT molecular complexity index is 523. The summed E-state index contributed by atoms with van der Waals surface area (Å²) in [6, 6.07) is 3.75. The SMILES string of the molecule is O=S(=O)(O)c1cccc(S(=O)(=O)O)c1.[H-].[H-].[H-].[H-].[Na+].[Na+].[Na+].[Na+]. The zero-order valence-electron chi connectivity index (χ0n) is 14.7. The van der Waals surface area contributed by atoms with E-state index in [4.69, 9.17) is 9.11 Å². The molecule has 0 saturated carbocycles. The van der Waals surface area contributed by atoms with Gasteiger partial charge >= 0.3 is 118 Å². The summed E-state index contributed by atoms with van der Waals surface area (Å²) in [4.78, 5) is -1.18. The molecule has 0 aromatic heterocycles. The summed E-state index contributed by atoms with van der Waals surface area (Å²) >= 11 is 0. The van der Waals surface area contributed by atoms with Gasteiger partial charge in [-0.2, -0.15) is 16.8 Å². The van der Waals surface area contributed by atoms with E-state index in [1.54, 1.807) is 0 Å². The number of hydrogen-bond acceptors (Lipinski definition) is 4. The molecule has 0 aliphatic heterocycles. The molecule has 0 radical (unpaired) electrons. The molecule has 2 N–H and O–H groups in total. The molecule has 0 atom stereocenters. The van der Waals surface area contributed by atoms with Crippen LogP contribution in [0.25, 0.3) is 0 Å². The summed E-state index contributed by atoms with van der Waals surface area (Å²) in [6.07, 6.45) is 0. The summed E-state index contributed by atoms with van der Waals surface area (Å²) in [5.41, 5.74) is 0. The quantitative estimate of drug-likeness (QED) is 0.411. The van der Waals surface area contributed by atoms with Gasteiger partial charge in [0.25, 0.3) is 20.2 Å². The zero-order chi connectivity index (χ0) is 11.0. The van der Waals surface area contributed by atoms with Crippen LogP contribution in [0.4, 0.5) is 0 Å². The van der Waals surface area contributed by atoms with Crippen molar-refractivity contribution in [3.05, 3.63) is 24.3 Å². The fourth-order valence-corrected chi connectivity index (χ4v) is 1.92. The second-order valence-corrected chi connectivity index (χ2v) is 5.27. The van der Waals surface area contributed by atoms with Crippen LogP contribution < -0.4 is 118 Å². The van der Waals surface area contributed by atoms with E-state index in [2.05, 4.69) is 0 Å². The Morgan fingerprint density at radius 3 is 1.28 bits per heavy atom. The van der Waals surface area contributed by atoms with E-state index < -0.39 is 30.0 Å². The fraction of sp³-hybridized carbons (Fsp3) is 0. The van der Waals surface area contributed by atoms with Crippen LogP contribution in [-0.2, 0) is 20.2 Å². The topological polar surface area (TPSA) is 109 Å². The summed E-state index contributed by atoms with van der Waals surface area (Å²) in [5, 5.41) is 0. The molecular formula is C6H10Na4O6S2. The summed E-state index contributed by atoms with van der Waals surface area (Å²) < 4.78 is 59.5. The molecule has 0 amide bonds. The van der Waals surface area contributed by atoms with Crippen molar-refractivity contribution in [1.82, 2.24) is 0 Å². The van der Waals surface area contributed by atoms with E-state index in [0.29, 0.717) is 6.07 Å². The smallest absolute Gasteiger partial charge is 1.00 e. The third kappa shape index (κ3) is 9.88. The van der Waals surface area contributed by atoms with Crippen LogP contribution in [0.2, 0.25) is 0 Å². The first kappa shape index (κ1) is 29.1. The van der Waals surface area contributed by atoms with Crippen molar-refractivity contribution in [3.8, 4) is 0 Å². The molecule has 18 heavy (non-hydrogen) atoms. The normalized spacial score (nSPS) is 9.89. The monoisotopic (exact) mass is 334 g/mol. The predicted octanol–water partition coefficient (Wildman–Crippen LogP) is -11.4. The van der Waals surface area contributed by atoms with E-state index in [1.165, 1.54) is 0 Å². The van der Waals surface area contributed by atoms with Gasteiger partial charge in [-0.1, -0.05) is 6.07 Å². The van der Waals surface area contributed by atoms with Crippen LogP contribution in [0, 0.1) is 0 Å². The molecule has 0 aliphatic carbocycles. The third-order valence-corrected chi connectivity index (χ3v) is 3.10. The van der Waals surface area contributed by atoms with E-state index >= 15 is 0 Å². The van der Waals surface area contributed by atoms with Crippen LogP contribution in [0.5, 0.6) is 0 Å². The molecule has 0 bridgehead atoms. The second kappa shape index (κ2) is 11.6. The van der Waals surface area contributed by atoms with Gasteiger partial charge in [0.05, 0.1) is 9.79 Å². The van der Waals surface area contributed by atoms with E-state index in [-0.39, 0.29) is 124 Å². The second-order valence-electron chi connectivity index (χ2n) is 2.42. The molecular weight excluding hydrogens is 324 g/mol. The summed E-state index contributed by atoms with van der Waals surface area (Å²) in [6.45, 7) is 0. The van der Waals surface area contributed by atoms with Gasteiger partial charge in [0.1, 0.15) is 0 Å². The Hall–Kier alpha value is 3.04. The molecule has 6 nitrogen and oxygen atoms in total. The number of rotatable bonds is 2. The molecule has 1 rings (SSSR count). The molecule has 12 heteroatoms. The van der Waals surface area contributed by atoms with Crippen molar-refractivity contribution in [2.75, 3.05) is 0 Å². The maximum absolute atomic E-state index is 10.6. The Kier molecular flexibility index (Phi) is 18.7. The molecule has 0 unspecified atom stereocenters. The molecule has 1 aromatic carbocycles. The summed E-state index contributed by atoms with van der Waals surface area (Å²) in [5.74, 6) is 0. The van der Waals surface area contributed by atoms with Gasteiger partial charge in [-0.15, -0.1) is 0 Å². The minimum atomic E-state index is -4.46. The van der Waals surface area contributed by atoms with Gasteiger partial charge in [0.2, 0.25) is 0 Å². The first-order valence-electron chi connectivity index (χ1n) is 3.26. The van der Waals surface area contributed by atoms with Crippen molar-refractivity contribution < 1.29 is 150 Å². The fourth-order valence-electron chi connectivity index (χ4n) is 0.795. The summed E-state index contributed by atoms with van der Waals surface area (Å²) in [7, 11) is -8.92. The van der Waals surface area contributed by atoms with Crippen molar-refractivity contribution in [2.45, 2.75) is 9.79 Å². The number of hydrogen-bond donors (Lipinski definition) is 2. The van der Waals surface area contributed by atoms with Gasteiger partial charge in [-0.3, -0.25) is 9.11 Å². The minimum absolute atomic E-state index is 0. The van der Waals surface area contributed by atoms with Crippen LogP contribution in [0.15, 0.2) is 34.1 Å². The maximum Gasteiger partial charge on any atom is 1.00 e. The Morgan fingerprint density at radius 1 is 0.778 bits per heavy atom. The van der Waals surface area contributed by atoms with Crippen molar-refractivity contribution in [1.29, 1.82) is 0 Å². The zero-order valence-corrected chi connectivity index (χ0v) is 20.3. The Balaban J connectivity index is -0.0000000408. The molecule has 0 aliphatic rings. The van der Waals surface area contributed by atoms with Crippen LogP contribution in [0.3, 0.4) is 0 Å². The first-order chi connectivity index (χ1) is 6.21. The van der Waals surface area contributed by atoms with Crippen LogP contribution in [0.1, 0.15) is 5.71 Å². The van der Waals surface area contributed by atoms with Crippen molar-refractivity contribution >= 4 is 20.2 Å². The largest absolute Gasteiger partial charge is 1.00 e. The Labute approximate surface area is 200 Å².